The highest BCUT2D eigenvalue weighted by atomic mass is 16.2. The molecule has 0 radical (unpaired) electrons. The number of hydrogen-bond donors (Lipinski definition) is 3. The Bertz CT molecular complexity index is 846. The Morgan fingerprint density at radius 1 is 1.04 bits per heavy atom. The molecule has 0 unspecified atom stereocenters. The molecule has 2 rings (SSSR count). The van der Waals surface area contributed by atoms with Gasteiger partial charge in [-0.25, -0.2) is 0 Å². The molecule has 6 heteroatoms. The van der Waals surface area contributed by atoms with Crippen LogP contribution in [0, 0.1) is 13.8 Å². The first-order valence-corrected chi connectivity index (χ1v) is 8.30. The molecule has 3 amide bonds. The Balaban J connectivity index is 2.14. The van der Waals surface area contributed by atoms with Crippen LogP contribution in [0.5, 0.6) is 0 Å². The summed E-state index contributed by atoms with van der Waals surface area (Å²) in [4.78, 5) is 35.4. The number of carbonyl (C=O) groups excluding carboxylic acids is 3. The standard InChI is InChI=1S/C20H23N3O3/c1-12-7-8-15(9-13(12)2)10-18(19(21)25)23-20(26)16-5-4-6-17(11-16)22-14(3)24/h4-9,11,18H,10H2,1-3H3,(H2,21,25)(H,22,24)(H,23,26)/t18-/m0/s1. The maximum Gasteiger partial charge on any atom is 0.252 e. The van der Waals surface area contributed by atoms with Crippen molar-refractivity contribution in [3.05, 3.63) is 64.7 Å². The Morgan fingerprint density at radius 3 is 2.38 bits per heavy atom. The second-order valence-electron chi connectivity index (χ2n) is 6.31. The smallest absolute Gasteiger partial charge is 0.252 e. The third-order valence-electron chi connectivity index (χ3n) is 4.11. The molecule has 6 nitrogen and oxygen atoms in total. The van der Waals surface area contributed by atoms with Gasteiger partial charge in [-0.3, -0.25) is 14.4 Å². The van der Waals surface area contributed by atoms with Crippen molar-refractivity contribution in [2.24, 2.45) is 5.73 Å². The van der Waals surface area contributed by atoms with Gasteiger partial charge in [0.25, 0.3) is 5.91 Å². The highest BCUT2D eigenvalue weighted by Gasteiger charge is 2.20. The van der Waals surface area contributed by atoms with Gasteiger partial charge < -0.3 is 16.4 Å². The zero-order chi connectivity index (χ0) is 19.3. The number of anilines is 1. The van der Waals surface area contributed by atoms with E-state index in [2.05, 4.69) is 10.6 Å². The molecule has 136 valence electrons. The average Bonchev–Trinajstić information content (AvgIpc) is 2.57. The monoisotopic (exact) mass is 353 g/mol. The number of hydrogen-bond acceptors (Lipinski definition) is 3. The number of benzene rings is 2. The van der Waals surface area contributed by atoms with Crippen molar-refractivity contribution in [1.29, 1.82) is 0 Å². The molecule has 0 spiro atoms. The van der Waals surface area contributed by atoms with Gasteiger partial charge in [0.05, 0.1) is 0 Å². The maximum atomic E-state index is 12.5. The zero-order valence-electron chi connectivity index (χ0n) is 15.1. The van der Waals surface area contributed by atoms with Crippen LogP contribution in [0.15, 0.2) is 42.5 Å². The highest BCUT2D eigenvalue weighted by Crippen LogP contribution is 2.13. The van der Waals surface area contributed by atoms with E-state index in [0.29, 0.717) is 17.7 Å². The van der Waals surface area contributed by atoms with Crippen molar-refractivity contribution in [1.82, 2.24) is 5.32 Å². The van der Waals surface area contributed by atoms with Gasteiger partial charge in [-0.05, 0) is 48.7 Å². The van der Waals surface area contributed by atoms with Gasteiger partial charge in [-0.2, -0.15) is 0 Å². The molecule has 0 aliphatic heterocycles. The van der Waals surface area contributed by atoms with Crippen LogP contribution >= 0.6 is 0 Å². The molecule has 0 saturated carbocycles. The molecular formula is C20H23N3O3. The Hall–Kier alpha value is -3.15. The zero-order valence-corrected chi connectivity index (χ0v) is 15.1. The number of nitrogens with one attached hydrogen (secondary N) is 2. The summed E-state index contributed by atoms with van der Waals surface area (Å²) in [5.41, 5.74) is 9.50. The van der Waals surface area contributed by atoms with Crippen LogP contribution < -0.4 is 16.4 Å². The van der Waals surface area contributed by atoms with Crippen LogP contribution in [0.1, 0.15) is 34.0 Å². The number of primary amides is 1. The van der Waals surface area contributed by atoms with Crippen molar-refractivity contribution in [2.75, 3.05) is 5.32 Å². The van der Waals surface area contributed by atoms with Crippen LogP contribution in [0.4, 0.5) is 5.69 Å². The fourth-order valence-corrected chi connectivity index (χ4v) is 2.57. The minimum Gasteiger partial charge on any atom is -0.368 e. The van der Waals surface area contributed by atoms with Crippen molar-refractivity contribution in [3.8, 4) is 0 Å². The fraction of sp³-hybridized carbons (Fsp3) is 0.250. The van der Waals surface area contributed by atoms with Crippen LogP contribution in [0.2, 0.25) is 0 Å². The van der Waals surface area contributed by atoms with E-state index in [-0.39, 0.29) is 5.91 Å². The van der Waals surface area contributed by atoms with Gasteiger partial charge in [-0.1, -0.05) is 24.3 Å². The third-order valence-corrected chi connectivity index (χ3v) is 4.11. The predicted molar refractivity (Wildman–Crippen MR) is 101 cm³/mol. The van der Waals surface area contributed by atoms with E-state index in [9.17, 15) is 14.4 Å². The fourth-order valence-electron chi connectivity index (χ4n) is 2.57. The molecule has 0 fully saturated rings. The number of amides is 3. The van der Waals surface area contributed by atoms with Crippen molar-refractivity contribution in [3.63, 3.8) is 0 Å². The lowest BCUT2D eigenvalue weighted by Crippen LogP contribution is -2.45. The van der Waals surface area contributed by atoms with Crippen molar-refractivity contribution in [2.45, 2.75) is 33.2 Å². The molecule has 0 aliphatic carbocycles. The van der Waals surface area contributed by atoms with Crippen LogP contribution in [0.25, 0.3) is 0 Å². The second-order valence-corrected chi connectivity index (χ2v) is 6.31. The highest BCUT2D eigenvalue weighted by molar-refractivity contribution is 5.99. The minimum absolute atomic E-state index is 0.229. The number of rotatable bonds is 6. The molecule has 0 bridgehead atoms. The summed E-state index contributed by atoms with van der Waals surface area (Å²) >= 11 is 0. The van der Waals surface area contributed by atoms with E-state index >= 15 is 0 Å². The van der Waals surface area contributed by atoms with Gasteiger partial charge in [0.15, 0.2) is 0 Å². The summed E-state index contributed by atoms with van der Waals surface area (Å²) in [7, 11) is 0. The molecule has 2 aromatic rings. The van der Waals surface area contributed by atoms with E-state index < -0.39 is 17.9 Å². The van der Waals surface area contributed by atoms with Gasteiger partial charge in [0.2, 0.25) is 11.8 Å². The van der Waals surface area contributed by atoms with E-state index in [1.807, 2.05) is 32.0 Å². The number of aryl methyl sites for hydroxylation is 2. The van der Waals surface area contributed by atoms with E-state index in [1.54, 1.807) is 24.3 Å². The van der Waals surface area contributed by atoms with E-state index in [0.717, 1.165) is 16.7 Å². The topological polar surface area (TPSA) is 101 Å². The van der Waals surface area contributed by atoms with Crippen molar-refractivity contribution >= 4 is 23.4 Å². The lowest BCUT2D eigenvalue weighted by Gasteiger charge is -2.16. The minimum atomic E-state index is -0.825. The molecule has 2 aromatic carbocycles. The Morgan fingerprint density at radius 2 is 1.77 bits per heavy atom. The van der Waals surface area contributed by atoms with Gasteiger partial charge in [0, 0.05) is 24.6 Å². The molecule has 26 heavy (non-hydrogen) atoms. The summed E-state index contributed by atoms with van der Waals surface area (Å²) in [6.07, 6.45) is 0.313. The molecule has 0 aromatic heterocycles. The van der Waals surface area contributed by atoms with Gasteiger partial charge in [0.1, 0.15) is 6.04 Å². The Kier molecular flexibility index (Phi) is 6.11. The molecule has 4 N–H and O–H groups in total. The molecule has 0 aliphatic rings. The van der Waals surface area contributed by atoms with Gasteiger partial charge >= 0.3 is 0 Å². The summed E-state index contributed by atoms with van der Waals surface area (Å²) in [6.45, 7) is 5.39. The number of carbonyl (C=O) groups is 3. The largest absolute Gasteiger partial charge is 0.368 e. The number of nitrogens with two attached hydrogens (primary N) is 1. The van der Waals surface area contributed by atoms with Crippen LogP contribution in [-0.4, -0.2) is 23.8 Å². The molecule has 1 atom stereocenters. The third kappa shape index (κ3) is 5.17. The molecule has 0 saturated heterocycles. The van der Waals surface area contributed by atoms with Gasteiger partial charge in [-0.15, -0.1) is 0 Å². The maximum absolute atomic E-state index is 12.5. The first-order valence-electron chi connectivity index (χ1n) is 8.30. The van der Waals surface area contributed by atoms with E-state index in [1.165, 1.54) is 6.92 Å². The van der Waals surface area contributed by atoms with Crippen molar-refractivity contribution < 1.29 is 14.4 Å². The predicted octanol–water partition coefficient (Wildman–Crippen LogP) is 2.09. The quantitative estimate of drug-likeness (QED) is 0.741. The summed E-state index contributed by atoms with van der Waals surface area (Å²) in [5.74, 6) is -1.26. The lowest BCUT2D eigenvalue weighted by atomic mass is 10.0. The summed E-state index contributed by atoms with van der Waals surface area (Å²) in [6, 6.07) is 11.5. The normalized spacial score (nSPS) is 11.5. The summed E-state index contributed by atoms with van der Waals surface area (Å²) in [5, 5.41) is 5.29. The SMILES string of the molecule is CC(=O)Nc1cccc(C(=O)N[C@@H](Cc2ccc(C)c(C)c2)C(N)=O)c1. The average molecular weight is 353 g/mol. The van der Waals surface area contributed by atoms with Crippen LogP contribution in [-0.2, 0) is 16.0 Å². The van der Waals surface area contributed by atoms with Crippen LogP contribution in [0.3, 0.4) is 0 Å². The second kappa shape index (κ2) is 8.29. The molecule has 0 heterocycles. The van der Waals surface area contributed by atoms with E-state index in [4.69, 9.17) is 5.73 Å². The first kappa shape index (κ1) is 19.2. The summed E-state index contributed by atoms with van der Waals surface area (Å²) < 4.78 is 0. The Labute approximate surface area is 152 Å². The molecular weight excluding hydrogens is 330 g/mol. The lowest BCUT2D eigenvalue weighted by molar-refractivity contribution is -0.119. The first-order chi connectivity index (χ1) is 12.3.